The zero-order valence-corrected chi connectivity index (χ0v) is 12.5. The maximum Gasteiger partial charge on any atom is 0.180 e. The fraction of sp³-hybridized carbons (Fsp3) is 0.375. The third kappa shape index (κ3) is 3.13. The Morgan fingerprint density at radius 2 is 1.47 bits per heavy atom. The van der Waals surface area contributed by atoms with Crippen molar-refractivity contribution in [1.29, 1.82) is 0 Å². The van der Waals surface area contributed by atoms with Crippen molar-refractivity contribution in [2.45, 2.75) is 39.9 Å². The van der Waals surface area contributed by atoms with E-state index < -0.39 is 0 Å². The molecule has 102 valence electrons. The molecule has 0 amide bonds. The van der Waals surface area contributed by atoms with E-state index in [-0.39, 0.29) is 12.2 Å². The van der Waals surface area contributed by atoms with E-state index in [4.69, 9.17) is 21.1 Å². The number of ether oxygens (including phenoxy) is 2. The average Bonchev–Trinajstić information content (AvgIpc) is 2.32. The van der Waals surface area contributed by atoms with Crippen LogP contribution in [0, 0.1) is 0 Å². The lowest BCUT2D eigenvalue weighted by Crippen LogP contribution is -2.11. The topological polar surface area (TPSA) is 18.5 Å². The first kappa shape index (κ1) is 14.0. The van der Waals surface area contributed by atoms with Gasteiger partial charge in [0, 0.05) is 5.39 Å². The largest absolute Gasteiger partial charge is 0.486 e. The molecule has 0 radical (unpaired) electrons. The van der Waals surface area contributed by atoms with Crippen LogP contribution in [-0.2, 0) is 0 Å². The van der Waals surface area contributed by atoms with Gasteiger partial charge < -0.3 is 9.47 Å². The van der Waals surface area contributed by atoms with Gasteiger partial charge in [-0.2, -0.15) is 0 Å². The summed E-state index contributed by atoms with van der Waals surface area (Å²) in [5.74, 6) is 1.36. The van der Waals surface area contributed by atoms with Crippen LogP contribution in [0.1, 0.15) is 27.7 Å². The van der Waals surface area contributed by atoms with E-state index in [0.717, 1.165) is 16.5 Å². The van der Waals surface area contributed by atoms with Gasteiger partial charge in [-0.1, -0.05) is 35.9 Å². The fourth-order valence-electron chi connectivity index (χ4n) is 1.96. The highest BCUT2D eigenvalue weighted by Crippen LogP contribution is 2.42. The lowest BCUT2D eigenvalue weighted by Gasteiger charge is -2.20. The van der Waals surface area contributed by atoms with Crippen molar-refractivity contribution >= 4 is 22.4 Å². The van der Waals surface area contributed by atoms with Crippen molar-refractivity contribution in [2.75, 3.05) is 0 Å². The molecule has 0 heterocycles. The second kappa shape index (κ2) is 5.70. The first-order valence-corrected chi connectivity index (χ1v) is 6.91. The molecule has 2 nitrogen and oxygen atoms in total. The summed E-state index contributed by atoms with van der Waals surface area (Å²) in [5, 5.41) is 2.67. The fourth-order valence-corrected chi connectivity index (χ4v) is 2.21. The van der Waals surface area contributed by atoms with E-state index in [0.29, 0.717) is 10.8 Å². The quantitative estimate of drug-likeness (QED) is 0.777. The molecule has 0 aromatic heterocycles. The van der Waals surface area contributed by atoms with Gasteiger partial charge in [0.25, 0.3) is 0 Å². The summed E-state index contributed by atoms with van der Waals surface area (Å²) in [6, 6.07) is 9.94. The zero-order chi connectivity index (χ0) is 14.0. The summed E-state index contributed by atoms with van der Waals surface area (Å²) in [7, 11) is 0. The predicted octanol–water partition coefficient (Wildman–Crippen LogP) is 5.07. The number of rotatable bonds is 4. The van der Waals surface area contributed by atoms with Crippen molar-refractivity contribution in [3.05, 3.63) is 35.4 Å². The van der Waals surface area contributed by atoms with E-state index in [1.807, 2.05) is 58.0 Å². The summed E-state index contributed by atoms with van der Waals surface area (Å²) in [4.78, 5) is 0. The molecule has 2 aromatic rings. The smallest absolute Gasteiger partial charge is 0.180 e. The third-order valence-electron chi connectivity index (χ3n) is 2.62. The molecular weight excluding hydrogens is 260 g/mol. The maximum absolute atomic E-state index is 6.33. The van der Waals surface area contributed by atoms with Crippen molar-refractivity contribution in [2.24, 2.45) is 0 Å². The molecule has 0 saturated carbocycles. The molecular formula is C16H19ClO2. The molecule has 3 heteroatoms. The highest BCUT2D eigenvalue weighted by atomic mass is 35.5. The van der Waals surface area contributed by atoms with Crippen LogP contribution in [-0.4, -0.2) is 12.2 Å². The zero-order valence-electron chi connectivity index (χ0n) is 11.7. The highest BCUT2D eigenvalue weighted by Gasteiger charge is 2.17. The summed E-state index contributed by atoms with van der Waals surface area (Å²) in [6.07, 6.45) is 0.115. The minimum absolute atomic E-state index is 0.0492. The third-order valence-corrected chi connectivity index (χ3v) is 2.90. The number of benzene rings is 2. The Bertz CT molecular complexity index is 576. The van der Waals surface area contributed by atoms with Crippen molar-refractivity contribution < 1.29 is 9.47 Å². The second-order valence-electron chi connectivity index (χ2n) is 5.07. The Morgan fingerprint density at radius 1 is 0.895 bits per heavy atom. The molecule has 0 unspecified atom stereocenters. The van der Waals surface area contributed by atoms with E-state index >= 15 is 0 Å². The van der Waals surface area contributed by atoms with Crippen molar-refractivity contribution in [3.63, 3.8) is 0 Å². The van der Waals surface area contributed by atoms with Crippen LogP contribution in [0.15, 0.2) is 30.3 Å². The van der Waals surface area contributed by atoms with Crippen molar-refractivity contribution in [3.8, 4) is 11.5 Å². The van der Waals surface area contributed by atoms with Crippen LogP contribution < -0.4 is 9.47 Å². The number of hydrogen-bond acceptors (Lipinski definition) is 2. The SMILES string of the molecule is CC(C)Oc1c(Cl)cc2ccccc2c1OC(C)C. The van der Waals surface area contributed by atoms with Crippen molar-refractivity contribution in [1.82, 2.24) is 0 Å². The number of fused-ring (bicyclic) bond motifs is 1. The molecule has 19 heavy (non-hydrogen) atoms. The lowest BCUT2D eigenvalue weighted by molar-refractivity contribution is 0.201. The van der Waals surface area contributed by atoms with Gasteiger partial charge >= 0.3 is 0 Å². The lowest BCUT2D eigenvalue weighted by atomic mass is 10.1. The number of halogens is 1. The maximum atomic E-state index is 6.33. The molecule has 0 atom stereocenters. The van der Waals surface area contributed by atoms with Gasteiger partial charge in [0.05, 0.1) is 17.2 Å². The van der Waals surface area contributed by atoms with E-state index in [1.54, 1.807) is 0 Å². The number of hydrogen-bond donors (Lipinski definition) is 0. The Labute approximate surface area is 119 Å². The Hall–Kier alpha value is -1.41. The molecule has 0 spiro atoms. The molecule has 0 aliphatic rings. The van der Waals surface area contributed by atoms with Crippen LogP contribution in [0.5, 0.6) is 11.5 Å². The minimum atomic E-state index is 0.0492. The van der Waals surface area contributed by atoms with Gasteiger partial charge in [-0.15, -0.1) is 0 Å². The molecule has 2 rings (SSSR count). The Balaban J connectivity index is 2.66. The monoisotopic (exact) mass is 278 g/mol. The minimum Gasteiger partial charge on any atom is -0.486 e. The average molecular weight is 279 g/mol. The molecule has 0 bridgehead atoms. The van der Waals surface area contributed by atoms with E-state index in [9.17, 15) is 0 Å². The normalized spacial score (nSPS) is 11.3. The summed E-state index contributed by atoms with van der Waals surface area (Å²) >= 11 is 6.33. The van der Waals surface area contributed by atoms with Crippen LogP contribution in [0.3, 0.4) is 0 Å². The molecule has 0 aliphatic carbocycles. The first-order valence-electron chi connectivity index (χ1n) is 6.53. The van der Waals surface area contributed by atoms with Gasteiger partial charge in [0.2, 0.25) is 0 Å². The highest BCUT2D eigenvalue weighted by molar-refractivity contribution is 6.33. The molecule has 0 N–H and O–H groups in total. The molecule has 0 aliphatic heterocycles. The van der Waals surface area contributed by atoms with Gasteiger partial charge in [-0.05, 0) is 39.1 Å². The van der Waals surface area contributed by atoms with Crippen LogP contribution in [0.25, 0.3) is 10.8 Å². The van der Waals surface area contributed by atoms with Gasteiger partial charge in [-0.25, -0.2) is 0 Å². The van der Waals surface area contributed by atoms with Crippen LogP contribution in [0.4, 0.5) is 0 Å². The van der Waals surface area contributed by atoms with E-state index in [2.05, 4.69) is 0 Å². The summed E-state index contributed by atoms with van der Waals surface area (Å²) in [6.45, 7) is 7.94. The Kier molecular flexibility index (Phi) is 4.20. The Morgan fingerprint density at radius 3 is 2.11 bits per heavy atom. The first-order chi connectivity index (χ1) is 8.99. The van der Waals surface area contributed by atoms with E-state index in [1.165, 1.54) is 0 Å². The summed E-state index contributed by atoms with van der Waals surface area (Å²) in [5.41, 5.74) is 0. The predicted molar refractivity (Wildman–Crippen MR) is 80.5 cm³/mol. The van der Waals surface area contributed by atoms with Crippen LogP contribution in [0.2, 0.25) is 5.02 Å². The summed E-state index contributed by atoms with van der Waals surface area (Å²) < 4.78 is 11.8. The molecule has 0 saturated heterocycles. The molecule has 0 fully saturated rings. The standard InChI is InChI=1S/C16H19ClO2/c1-10(2)18-15-13-8-6-5-7-12(13)9-14(17)16(15)19-11(3)4/h5-11H,1-4H3. The van der Waals surface area contributed by atoms with Gasteiger partial charge in [0.15, 0.2) is 11.5 Å². The molecule has 2 aromatic carbocycles. The van der Waals surface area contributed by atoms with Crippen LogP contribution >= 0.6 is 11.6 Å². The van der Waals surface area contributed by atoms with Gasteiger partial charge in [0.1, 0.15) is 0 Å². The van der Waals surface area contributed by atoms with Gasteiger partial charge in [-0.3, -0.25) is 0 Å². The second-order valence-corrected chi connectivity index (χ2v) is 5.48.